The Bertz CT molecular complexity index is 596. The smallest absolute Gasteiger partial charge is 0.305 e. The van der Waals surface area contributed by atoms with Gasteiger partial charge in [0.2, 0.25) is 0 Å². The summed E-state index contributed by atoms with van der Waals surface area (Å²) in [6.45, 7) is 5.07. The van der Waals surface area contributed by atoms with Gasteiger partial charge in [-0.3, -0.25) is 4.79 Å². The Morgan fingerprint density at radius 2 is 2.09 bits per heavy atom. The second-order valence-electron chi connectivity index (χ2n) is 5.03. The van der Waals surface area contributed by atoms with Crippen molar-refractivity contribution < 1.29 is 9.53 Å². The highest BCUT2D eigenvalue weighted by Crippen LogP contribution is 2.24. The molecule has 22 heavy (non-hydrogen) atoms. The summed E-state index contributed by atoms with van der Waals surface area (Å²) in [6, 6.07) is 10.3. The fraction of sp³-hybridized carbons (Fsp3) is 0.412. The third-order valence-corrected chi connectivity index (χ3v) is 4.44. The monoisotopic (exact) mass is 318 g/mol. The molecule has 0 unspecified atom stereocenters. The van der Waals surface area contributed by atoms with Crippen molar-refractivity contribution in [1.29, 1.82) is 0 Å². The number of thiazole rings is 1. The molecule has 1 heterocycles. The van der Waals surface area contributed by atoms with Crippen LogP contribution >= 0.6 is 11.3 Å². The van der Waals surface area contributed by atoms with Crippen molar-refractivity contribution in [3.05, 3.63) is 46.5 Å². The van der Waals surface area contributed by atoms with Crippen molar-refractivity contribution in [1.82, 2.24) is 4.98 Å². The summed E-state index contributed by atoms with van der Waals surface area (Å²) in [5, 5.41) is 4.29. The van der Waals surface area contributed by atoms with Gasteiger partial charge in [0.1, 0.15) is 0 Å². The molecule has 0 fully saturated rings. The van der Waals surface area contributed by atoms with Crippen LogP contribution in [0.4, 0.5) is 5.13 Å². The van der Waals surface area contributed by atoms with Crippen molar-refractivity contribution in [2.75, 3.05) is 11.9 Å². The van der Waals surface area contributed by atoms with Crippen molar-refractivity contribution >= 4 is 22.4 Å². The number of hydrogen-bond donors (Lipinski definition) is 1. The summed E-state index contributed by atoms with van der Waals surface area (Å²) < 4.78 is 4.94. The van der Waals surface area contributed by atoms with Gasteiger partial charge < -0.3 is 10.1 Å². The molecule has 0 saturated heterocycles. The molecule has 2 aromatic rings. The average molecular weight is 318 g/mol. The molecular weight excluding hydrogens is 296 g/mol. The summed E-state index contributed by atoms with van der Waals surface area (Å²) in [4.78, 5) is 17.1. The third-order valence-electron chi connectivity index (χ3n) is 3.27. The normalized spacial score (nSPS) is 10.5. The van der Waals surface area contributed by atoms with Crippen molar-refractivity contribution in [2.24, 2.45) is 0 Å². The minimum absolute atomic E-state index is 0.118. The fourth-order valence-electron chi connectivity index (χ4n) is 2.14. The summed E-state index contributed by atoms with van der Waals surface area (Å²) >= 11 is 1.67. The first-order valence-corrected chi connectivity index (χ1v) is 8.40. The molecule has 5 heteroatoms. The van der Waals surface area contributed by atoms with Crippen LogP contribution in [-0.4, -0.2) is 17.6 Å². The van der Waals surface area contributed by atoms with E-state index in [1.54, 1.807) is 11.3 Å². The molecule has 0 aliphatic carbocycles. The molecule has 0 aliphatic rings. The zero-order valence-corrected chi connectivity index (χ0v) is 13.9. The van der Waals surface area contributed by atoms with E-state index in [1.165, 1.54) is 10.4 Å². The molecule has 2 rings (SSSR count). The van der Waals surface area contributed by atoms with Crippen molar-refractivity contribution in [2.45, 2.75) is 39.7 Å². The van der Waals surface area contributed by atoms with Gasteiger partial charge >= 0.3 is 5.97 Å². The van der Waals surface area contributed by atoms with Crippen molar-refractivity contribution in [3.8, 4) is 0 Å². The van der Waals surface area contributed by atoms with Gasteiger partial charge in [-0.2, -0.15) is 0 Å². The number of benzene rings is 1. The molecule has 0 atom stereocenters. The number of ether oxygens (including phenoxy) is 1. The van der Waals surface area contributed by atoms with Crippen LogP contribution in [0.2, 0.25) is 0 Å². The number of rotatable bonds is 8. The minimum atomic E-state index is -0.118. The second-order valence-corrected chi connectivity index (χ2v) is 6.11. The van der Waals surface area contributed by atoms with Gasteiger partial charge in [-0.15, -0.1) is 11.3 Å². The molecule has 0 amide bonds. The lowest BCUT2D eigenvalue weighted by molar-refractivity contribution is -0.143. The van der Waals surface area contributed by atoms with E-state index in [2.05, 4.69) is 22.4 Å². The average Bonchev–Trinajstić information content (AvgIpc) is 2.87. The lowest BCUT2D eigenvalue weighted by Crippen LogP contribution is -2.03. The Balaban J connectivity index is 1.82. The number of anilines is 1. The zero-order chi connectivity index (χ0) is 15.8. The molecule has 0 aliphatic heterocycles. The van der Waals surface area contributed by atoms with Gasteiger partial charge in [0.25, 0.3) is 0 Å². The second kappa shape index (κ2) is 8.54. The van der Waals surface area contributed by atoms with E-state index in [9.17, 15) is 4.79 Å². The Hall–Kier alpha value is -1.88. The molecule has 4 nitrogen and oxygen atoms in total. The van der Waals surface area contributed by atoms with Crippen LogP contribution in [0.1, 0.15) is 35.9 Å². The maximum Gasteiger partial charge on any atom is 0.305 e. The van der Waals surface area contributed by atoms with E-state index in [-0.39, 0.29) is 5.97 Å². The molecule has 1 aromatic carbocycles. The lowest BCUT2D eigenvalue weighted by Gasteiger charge is -2.02. The highest BCUT2D eigenvalue weighted by molar-refractivity contribution is 7.15. The minimum Gasteiger partial charge on any atom is -0.466 e. The molecule has 0 radical (unpaired) electrons. The van der Waals surface area contributed by atoms with Crippen LogP contribution in [0.5, 0.6) is 0 Å². The first-order chi connectivity index (χ1) is 10.7. The molecule has 118 valence electrons. The van der Waals surface area contributed by atoms with E-state index < -0.39 is 0 Å². The number of esters is 1. The Morgan fingerprint density at radius 3 is 2.82 bits per heavy atom. The topological polar surface area (TPSA) is 51.2 Å². The number of hydrogen-bond acceptors (Lipinski definition) is 5. The van der Waals surface area contributed by atoms with Gasteiger partial charge in [0.15, 0.2) is 5.13 Å². The predicted molar refractivity (Wildman–Crippen MR) is 90.2 cm³/mol. The molecule has 1 aromatic heterocycles. The van der Waals surface area contributed by atoms with Crippen LogP contribution in [0.25, 0.3) is 0 Å². The molecule has 0 bridgehead atoms. The van der Waals surface area contributed by atoms with Gasteiger partial charge in [-0.1, -0.05) is 30.3 Å². The molecule has 1 N–H and O–H groups in total. The number of nitrogens with one attached hydrogen (secondary N) is 1. The molecular formula is C17H22N2O2S. The largest absolute Gasteiger partial charge is 0.466 e. The Kier molecular flexibility index (Phi) is 6.40. The highest BCUT2D eigenvalue weighted by Gasteiger charge is 2.09. The third kappa shape index (κ3) is 5.15. The first-order valence-electron chi connectivity index (χ1n) is 7.58. The maximum absolute atomic E-state index is 11.3. The highest BCUT2D eigenvalue weighted by atomic mass is 32.1. The molecule has 0 saturated carbocycles. The zero-order valence-electron chi connectivity index (χ0n) is 13.1. The van der Waals surface area contributed by atoms with E-state index in [4.69, 9.17) is 4.74 Å². The number of aromatic nitrogens is 1. The van der Waals surface area contributed by atoms with Gasteiger partial charge in [0, 0.05) is 17.8 Å². The number of aryl methyl sites for hydroxylation is 2. The summed E-state index contributed by atoms with van der Waals surface area (Å²) in [6.07, 6.45) is 2.15. The van der Waals surface area contributed by atoms with Crippen LogP contribution < -0.4 is 5.32 Å². The van der Waals surface area contributed by atoms with Crippen LogP contribution in [0.15, 0.2) is 30.3 Å². The van der Waals surface area contributed by atoms with Crippen LogP contribution in [0, 0.1) is 6.92 Å². The van der Waals surface area contributed by atoms with E-state index in [1.807, 2.05) is 32.0 Å². The Labute approximate surface area is 135 Å². The summed E-state index contributed by atoms with van der Waals surface area (Å²) in [5.74, 6) is -0.118. The number of carbonyl (C=O) groups is 1. The van der Waals surface area contributed by atoms with Crippen LogP contribution in [0.3, 0.4) is 0 Å². The van der Waals surface area contributed by atoms with E-state index in [0.717, 1.165) is 30.2 Å². The maximum atomic E-state index is 11.3. The summed E-state index contributed by atoms with van der Waals surface area (Å²) in [7, 11) is 0. The SMILES string of the molecule is CCOC(=O)CCCc1sc(NCc2ccccc2)nc1C. The predicted octanol–water partition coefficient (Wildman–Crippen LogP) is 3.95. The number of carbonyl (C=O) groups excluding carboxylic acids is 1. The standard InChI is InChI=1S/C17H22N2O2S/c1-3-21-16(20)11-7-10-15-13(2)19-17(22-15)18-12-14-8-5-4-6-9-14/h4-6,8-9H,3,7,10-12H2,1-2H3,(H,18,19). The van der Waals surface area contributed by atoms with E-state index >= 15 is 0 Å². The van der Waals surface area contributed by atoms with Gasteiger partial charge in [-0.25, -0.2) is 4.98 Å². The lowest BCUT2D eigenvalue weighted by atomic mass is 10.2. The summed E-state index contributed by atoms with van der Waals surface area (Å²) in [5.41, 5.74) is 2.28. The quantitative estimate of drug-likeness (QED) is 0.749. The number of nitrogens with zero attached hydrogens (tertiary/aromatic N) is 1. The van der Waals surface area contributed by atoms with E-state index in [0.29, 0.717) is 13.0 Å². The fourth-order valence-corrected chi connectivity index (χ4v) is 3.14. The van der Waals surface area contributed by atoms with Crippen LogP contribution in [-0.2, 0) is 22.5 Å². The van der Waals surface area contributed by atoms with Gasteiger partial charge in [-0.05, 0) is 32.3 Å². The van der Waals surface area contributed by atoms with Crippen molar-refractivity contribution in [3.63, 3.8) is 0 Å². The first kappa shape index (κ1) is 16.5. The Morgan fingerprint density at radius 1 is 1.32 bits per heavy atom. The molecule has 0 spiro atoms. The van der Waals surface area contributed by atoms with Gasteiger partial charge in [0.05, 0.1) is 12.3 Å².